The standard InChI is InChI=1S/C13H26N2OS/c1-11(9-14)8-12(16)15-10-13(17-2)6-4-3-5-7-13/h11H,3-10,14H2,1-2H3,(H,15,16). The van der Waals surface area contributed by atoms with E-state index >= 15 is 0 Å². The van der Waals surface area contributed by atoms with Crippen LogP contribution in [0.3, 0.4) is 0 Å². The highest BCUT2D eigenvalue weighted by Gasteiger charge is 2.31. The van der Waals surface area contributed by atoms with Gasteiger partial charge in [-0.15, -0.1) is 0 Å². The maximum Gasteiger partial charge on any atom is 0.220 e. The molecule has 17 heavy (non-hydrogen) atoms. The third-order valence-electron chi connectivity index (χ3n) is 3.74. The van der Waals surface area contributed by atoms with E-state index in [0.29, 0.717) is 17.7 Å². The molecule has 1 saturated carbocycles. The molecule has 1 aliphatic carbocycles. The Kier molecular flexibility index (Phi) is 6.34. The van der Waals surface area contributed by atoms with Crippen molar-refractivity contribution in [2.45, 2.75) is 50.2 Å². The average Bonchev–Trinajstić information content (AvgIpc) is 2.37. The molecule has 1 unspecified atom stereocenters. The molecular weight excluding hydrogens is 232 g/mol. The van der Waals surface area contributed by atoms with Gasteiger partial charge in [0.05, 0.1) is 0 Å². The highest BCUT2D eigenvalue weighted by molar-refractivity contribution is 8.00. The lowest BCUT2D eigenvalue weighted by atomic mass is 9.88. The SMILES string of the molecule is CSC1(CNC(=O)CC(C)CN)CCCCC1. The van der Waals surface area contributed by atoms with E-state index < -0.39 is 0 Å². The Morgan fingerprint density at radius 2 is 2.06 bits per heavy atom. The van der Waals surface area contributed by atoms with E-state index in [1.165, 1.54) is 32.1 Å². The largest absolute Gasteiger partial charge is 0.355 e. The van der Waals surface area contributed by atoms with Gasteiger partial charge in [-0.2, -0.15) is 11.8 Å². The molecular formula is C13H26N2OS. The summed E-state index contributed by atoms with van der Waals surface area (Å²) in [4.78, 5) is 11.7. The van der Waals surface area contributed by atoms with Gasteiger partial charge in [-0.25, -0.2) is 0 Å². The van der Waals surface area contributed by atoms with Crippen LogP contribution in [0.2, 0.25) is 0 Å². The fraction of sp³-hybridized carbons (Fsp3) is 0.923. The molecule has 1 amide bonds. The molecule has 0 aliphatic heterocycles. The first kappa shape index (κ1) is 14.8. The third-order valence-corrected chi connectivity index (χ3v) is 5.16. The number of nitrogens with one attached hydrogen (secondary N) is 1. The van der Waals surface area contributed by atoms with Gasteiger partial charge in [0.1, 0.15) is 0 Å². The van der Waals surface area contributed by atoms with Gasteiger partial charge < -0.3 is 11.1 Å². The van der Waals surface area contributed by atoms with Crippen LogP contribution >= 0.6 is 11.8 Å². The lowest BCUT2D eigenvalue weighted by molar-refractivity contribution is -0.122. The van der Waals surface area contributed by atoms with Crippen LogP contribution in [0.1, 0.15) is 45.4 Å². The molecule has 1 atom stereocenters. The minimum absolute atomic E-state index is 0.155. The lowest BCUT2D eigenvalue weighted by Gasteiger charge is -2.36. The summed E-state index contributed by atoms with van der Waals surface area (Å²) in [7, 11) is 0. The van der Waals surface area contributed by atoms with Gasteiger partial charge in [0.2, 0.25) is 5.91 Å². The number of thioether (sulfide) groups is 1. The molecule has 3 nitrogen and oxygen atoms in total. The zero-order chi connectivity index (χ0) is 12.7. The Balaban J connectivity index is 2.34. The molecule has 0 heterocycles. The zero-order valence-corrected chi connectivity index (χ0v) is 11.9. The van der Waals surface area contributed by atoms with Gasteiger partial charge in [-0.1, -0.05) is 26.2 Å². The first-order valence-corrected chi connectivity index (χ1v) is 7.86. The molecule has 0 aromatic carbocycles. The van der Waals surface area contributed by atoms with Crippen LogP contribution in [0.5, 0.6) is 0 Å². The number of hydrogen-bond donors (Lipinski definition) is 2. The van der Waals surface area contributed by atoms with Crippen molar-refractivity contribution in [2.75, 3.05) is 19.3 Å². The minimum atomic E-state index is 0.155. The first-order chi connectivity index (χ1) is 8.12. The number of hydrogen-bond acceptors (Lipinski definition) is 3. The zero-order valence-electron chi connectivity index (χ0n) is 11.1. The van der Waals surface area contributed by atoms with E-state index in [0.717, 1.165) is 6.54 Å². The second-order valence-electron chi connectivity index (χ2n) is 5.27. The average molecular weight is 258 g/mol. The second-order valence-corrected chi connectivity index (χ2v) is 6.54. The Morgan fingerprint density at radius 3 is 2.59 bits per heavy atom. The molecule has 0 radical (unpaired) electrons. The van der Waals surface area contributed by atoms with Gasteiger partial charge in [0, 0.05) is 17.7 Å². The van der Waals surface area contributed by atoms with Crippen molar-refractivity contribution < 1.29 is 4.79 Å². The predicted octanol–water partition coefficient (Wildman–Crippen LogP) is 2.15. The molecule has 1 rings (SSSR count). The van der Waals surface area contributed by atoms with E-state index in [4.69, 9.17) is 5.73 Å². The molecule has 0 aromatic rings. The molecule has 1 fully saturated rings. The van der Waals surface area contributed by atoms with Crippen molar-refractivity contribution in [3.63, 3.8) is 0 Å². The predicted molar refractivity (Wildman–Crippen MR) is 75.2 cm³/mol. The molecule has 0 aromatic heterocycles. The molecule has 0 spiro atoms. The minimum Gasteiger partial charge on any atom is -0.355 e. The monoisotopic (exact) mass is 258 g/mol. The number of nitrogens with two attached hydrogens (primary N) is 1. The summed E-state index contributed by atoms with van der Waals surface area (Å²) < 4.78 is 0.292. The summed E-state index contributed by atoms with van der Waals surface area (Å²) in [5.74, 6) is 0.438. The molecule has 3 N–H and O–H groups in total. The molecule has 0 bridgehead atoms. The normalized spacial score (nSPS) is 20.9. The van der Waals surface area contributed by atoms with Crippen molar-refractivity contribution in [3.8, 4) is 0 Å². The van der Waals surface area contributed by atoms with Crippen LogP contribution in [0, 0.1) is 5.92 Å². The van der Waals surface area contributed by atoms with Crippen LogP contribution in [-0.4, -0.2) is 30.0 Å². The van der Waals surface area contributed by atoms with Crippen LogP contribution in [0.25, 0.3) is 0 Å². The molecule has 1 aliphatic rings. The van der Waals surface area contributed by atoms with E-state index in [1.807, 2.05) is 18.7 Å². The molecule has 100 valence electrons. The summed E-state index contributed by atoms with van der Waals surface area (Å²) in [6.07, 6.45) is 9.15. The van der Waals surface area contributed by atoms with Gasteiger partial charge in [-0.05, 0) is 31.6 Å². The quantitative estimate of drug-likeness (QED) is 0.767. The number of carbonyl (C=O) groups excluding carboxylic acids is 1. The summed E-state index contributed by atoms with van der Waals surface area (Å²) in [6.45, 7) is 3.43. The number of carbonyl (C=O) groups is 1. The smallest absolute Gasteiger partial charge is 0.220 e. The van der Waals surface area contributed by atoms with Crippen LogP contribution in [0.15, 0.2) is 0 Å². The summed E-state index contributed by atoms with van der Waals surface area (Å²) in [6, 6.07) is 0. The number of rotatable bonds is 6. The van der Waals surface area contributed by atoms with Crippen LogP contribution in [0.4, 0.5) is 0 Å². The fourth-order valence-electron chi connectivity index (χ4n) is 2.38. The van der Waals surface area contributed by atoms with E-state index in [9.17, 15) is 4.79 Å². The second kappa shape index (κ2) is 7.27. The van der Waals surface area contributed by atoms with E-state index in [2.05, 4.69) is 11.6 Å². The van der Waals surface area contributed by atoms with Crippen LogP contribution < -0.4 is 11.1 Å². The highest BCUT2D eigenvalue weighted by Crippen LogP contribution is 2.37. The van der Waals surface area contributed by atoms with Crippen molar-refractivity contribution in [1.29, 1.82) is 0 Å². The Labute approximate surface area is 109 Å². The summed E-state index contributed by atoms with van der Waals surface area (Å²) >= 11 is 1.92. The van der Waals surface area contributed by atoms with Crippen molar-refractivity contribution in [2.24, 2.45) is 11.7 Å². The first-order valence-electron chi connectivity index (χ1n) is 6.64. The van der Waals surface area contributed by atoms with Crippen molar-refractivity contribution in [1.82, 2.24) is 5.32 Å². The Hall–Kier alpha value is -0.220. The van der Waals surface area contributed by atoms with Crippen molar-refractivity contribution >= 4 is 17.7 Å². The van der Waals surface area contributed by atoms with Gasteiger partial charge in [-0.3, -0.25) is 4.79 Å². The van der Waals surface area contributed by atoms with E-state index in [-0.39, 0.29) is 11.8 Å². The molecule has 0 saturated heterocycles. The van der Waals surface area contributed by atoms with Gasteiger partial charge in [0.15, 0.2) is 0 Å². The third kappa shape index (κ3) is 4.88. The topological polar surface area (TPSA) is 55.1 Å². The Morgan fingerprint density at radius 1 is 1.41 bits per heavy atom. The lowest BCUT2D eigenvalue weighted by Crippen LogP contribution is -2.42. The summed E-state index contributed by atoms with van der Waals surface area (Å²) in [5.41, 5.74) is 5.53. The van der Waals surface area contributed by atoms with Crippen LogP contribution in [-0.2, 0) is 4.79 Å². The van der Waals surface area contributed by atoms with Gasteiger partial charge >= 0.3 is 0 Å². The van der Waals surface area contributed by atoms with Crippen molar-refractivity contribution in [3.05, 3.63) is 0 Å². The Bertz CT molecular complexity index is 240. The van der Waals surface area contributed by atoms with Gasteiger partial charge in [0.25, 0.3) is 0 Å². The molecule has 4 heteroatoms. The number of amides is 1. The summed E-state index contributed by atoms with van der Waals surface area (Å²) in [5, 5.41) is 3.09. The maximum atomic E-state index is 11.7. The van der Waals surface area contributed by atoms with E-state index in [1.54, 1.807) is 0 Å². The fourth-order valence-corrected chi connectivity index (χ4v) is 3.29. The maximum absolute atomic E-state index is 11.7. The highest BCUT2D eigenvalue weighted by atomic mass is 32.2.